The highest BCUT2D eigenvalue weighted by Crippen LogP contribution is 2.17. The van der Waals surface area contributed by atoms with Crippen molar-refractivity contribution in [1.82, 2.24) is 25.1 Å². The summed E-state index contributed by atoms with van der Waals surface area (Å²) in [5, 5.41) is 16.3. The van der Waals surface area contributed by atoms with Crippen molar-refractivity contribution in [3.05, 3.63) is 69.8 Å². The van der Waals surface area contributed by atoms with Gasteiger partial charge < -0.3 is 5.32 Å². The lowest BCUT2D eigenvalue weighted by atomic mass is 10.1. The molecule has 0 aliphatic rings. The van der Waals surface area contributed by atoms with Gasteiger partial charge in [-0.3, -0.25) is 4.79 Å². The minimum absolute atomic E-state index is 0.0866. The zero-order valence-corrected chi connectivity index (χ0v) is 16.4. The van der Waals surface area contributed by atoms with E-state index in [1.807, 2.05) is 45.9 Å². The van der Waals surface area contributed by atoms with Crippen LogP contribution in [0.5, 0.6) is 0 Å². The quantitative estimate of drug-likeness (QED) is 0.740. The first-order valence-electron chi connectivity index (χ1n) is 9.01. The standard InChI is InChI=1S/C21H22N6O/c1-13-9-14(2)25-21(24-13)27-16(4)19(15(3)26-27)10-20(28)23-12-18-7-5-17(11-22)6-8-18/h5-9H,10,12H2,1-4H3,(H,23,28). The van der Waals surface area contributed by atoms with Gasteiger partial charge in [-0.2, -0.15) is 10.4 Å². The summed E-state index contributed by atoms with van der Waals surface area (Å²) < 4.78 is 1.69. The zero-order valence-electron chi connectivity index (χ0n) is 16.4. The molecule has 0 bridgehead atoms. The fourth-order valence-corrected chi connectivity index (χ4v) is 3.05. The second kappa shape index (κ2) is 8.01. The lowest BCUT2D eigenvalue weighted by Crippen LogP contribution is -2.25. The van der Waals surface area contributed by atoms with Crippen molar-refractivity contribution in [2.24, 2.45) is 0 Å². The van der Waals surface area contributed by atoms with Crippen molar-refractivity contribution in [2.45, 2.75) is 40.7 Å². The van der Waals surface area contributed by atoms with Gasteiger partial charge in [0.05, 0.1) is 23.7 Å². The van der Waals surface area contributed by atoms with Gasteiger partial charge in [0.25, 0.3) is 5.95 Å². The Morgan fingerprint density at radius 2 is 1.75 bits per heavy atom. The molecule has 142 valence electrons. The fourth-order valence-electron chi connectivity index (χ4n) is 3.05. The van der Waals surface area contributed by atoms with Gasteiger partial charge in [0.15, 0.2) is 0 Å². The van der Waals surface area contributed by atoms with E-state index in [0.29, 0.717) is 18.1 Å². The average Bonchev–Trinajstić information content (AvgIpc) is 2.94. The van der Waals surface area contributed by atoms with Crippen LogP contribution in [0.2, 0.25) is 0 Å². The van der Waals surface area contributed by atoms with Crippen LogP contribution in [0.4, 0.5) is 0 Å². The van der Waals surface area contributed by atoms with Gasteiger partial charge >= 0.3 is 0 Å². The molecule has 2 heterocycles. The van der Waals surface area contributed by atoms with Crippen molar-refractivity contribution in [2.75, 3.05) is 0 Å². The first-order valence-corrected chi connectivity index (χ1v) is 9.01. The third kappa shape index (κ3) is 4.23. The van der Waals surface area contributed by atoms with Crippen LogP contribution in [-0.4, -0.2) is 25.7 Å². The molecule has 7 heteroatoms. The van der Waals surface area contributed by atoms with E-state index in [9.17, 15) is 4.79 Å². The van der Waals surface area contributed by atoms with Gasteiger partial charge in [-0.1, -0.05) is 12.1 Å². The largest absolute Gasteiger partial charge is 0.352 e. The summed E-state index contributed by atoms with van der Waals surface area (Å²) in [4.78, 5) is 21.3. The van der Waals surface area contributed by atoms with Crippen molar-refractivity contribution >= 4 is 5.91 Å². The van der Waals surface area contributed by atoms with Gasteiger partial charge in [-0.25, -0.2) is 14.6 Å². The van der Waals surface area contributed by atoms with Gasteiger partial charge in [0.1, 0.15) is 0 Å². The van der Waals surface area contributed by atoms with Crippen LogP contribution in [0.15, 0.2) is 30.3 Å². The van der Waals surface area contributed by atoms with Crippen molar-refractivity contribution in [1.29, 1.82) is 5.26 Å². The molecular weight excluding hydrogens is 352 g/mol. The summed E-state index contributed by atoms with van der Waals surface area (Å²) >= 11 is 0. The van der Waals surface area contributed by atoms with Gasteiger partial charge in [0.2, 0.25) is 5.91 Å². The molecule has 1 N–H and O–H groups in total. The third-order valence-electron chi connectivity index (χ3n) is 4.51. The molecule has 0 aliphatic heterocycles. The lowest BCUT2D eigenvalue weighted by Gasteiger charge is -2.07. The molecule has 1 aromatic carbocycles. The zero-order chi connectivity index (χ0) is 20.3. The maximum Gasteiger partial charge on any atom is 0.251 e. The first-order chi connectivity index (χ1) is 13.4. The molecule has 3 rings (SSSR count). The smallest absolute Gasteiger partial charge is 0.251 e. The van der Waals surface area contributed by atoms with Crippen molar-refractivity contribution < 1.29 is 4.79 Å². The number of rotatable bonds is 5. The number of amides is 1. The minimum atomic E-state index is -0.0866. The van der Waals surface area contributed by atoms with E-state index in [1.54, 1.807) is 16.8 Å². The lowest BCUT2D eigenvalue weighted by molar-refractivity contribution is -0.120. The van der Waals surface area contributed by atoms with Gasteiger partial charge in [-0.15, -0.1) is 0 Å². The fraction of sp³-hybridized carbons (Fsp3) is 0.286. The first kappa shape index (κ1) is 19.2. The molecule has 7 nitrogen and oxygen atoms in total. The Bertz CT molecular complexity index is 1040. The molecule has 0 saturated carbocycles. The molecule has 0 aliphatic carbocycles. The van der Waals surface area contributed by atoms with Crippen molar-refractivity contribution in [3.8, 4) is 12.0 Å². The SMILES string of the molecule is Cc1cc(C)nc(-n2nc(C)c(CC(=O)NCc3ccc(C#N)cc3)c2C)n1. The number of benzene rings is 1. The van der Waals surface area contributed by atoms with E-state index in [0.717, 1.165) is 33.9 Å². The number of nitrogens with one attached hydrogen (secondary N) is 1. The number of carbonyl (C=O) groups excluding carboxylic acids is 1. The van der Waals surface area contributed by atoms with Gasteiger partial charge in [-0.05, 0) is 51.5 Å². The van der Waals surface area contributed by atoms with Crippen LogP contribution in [0.3, 0.4) is 0 Å². The third-order valence-corrected chi connectivity index (χ3v) is 4.51. The summed E-state index contributed by atoms with van der Waals surface area (Å²) in [7, 11) is 0. The van der Waals surface area contributed by atoms with Crippen LogP contribution in [0.25, 0.3) is 5.95 Å². The molecule has 0 spiro atoms. The van der Waals surface area contributed by atoms with E-state index in [1.165, 1.54) is 0 Å². The molecule has 3 aromatic rings. The van der Waals surface area contributed by atoms with Crippen LogP contribution in [-0.2, 0) is 17.8 Å². The second-order valence-corrected chi connectivity index (χ2v) is 6.77. The highest BCUT2D eigenvalue weighted by atomic mass is 16.1. The van der Waals surface area contributed by atoms with Crippen LogP contribution < -0.4 is 5.32 Å². The predicted molar refractivity (Wildman–Crippen MR) is 105 cm³/mol. The van der Waals surface area contributed by atoms with Crippen molar-refractivity contribution in [3.63, 3.8) is 0 Å². The molecule has 28 heavy (non-hydrogen) atoms. The van der Waals surface area contributed by atoms with E-state index in [-0.39, 0.29) is 12.3 Å². The topological polar surface area (TPSA) is 96.5 Å². The highest BCUT2D eigenvalue weighted by Gasteiger charge is 2.17. The molecule has 0 atom stereocenters. The normalized spacial score (nSPS) is 10.5. The highest BCUT2D eigenvalue weighted by molar-refractivity contribution is 5.79. The van der Waals surface area contributed by atoms with E-state index in [2.05, 4.69) is 26.5 Å². The number of hydrogen-bond acceptors (Lipinski definition) is 5. The molecule has 0 fully saturated rings. The number of nitrogens with zero attached hydrogens (tertiary/aromatic N) is 5. The van der Waals surface area contributed by atoms with Crippen LogP contribution >= 0.6 is 0 Å². The summed E-state index contributed by atoms with van der Waals surface area (Å²) in [5.74, 6) is 0.429. The maximum atomic E-state index is 12.4. The van der Waals surface area contributed by atoms with Crippen LogP contribution in [0.1, 0.15) is 39.5 Å². The van der Waals surface area contributed by atoms with Crippen LogP contribution in [0, 0.1) is 39.0 Å². The Morgan fingerprint density at radius 3 is 2.36 bits per heavy atom. The number of aromatic nitrogens is 4. The number of aryl methyl sites for hydroxylation is 3. The Kier molecular flexibility index (Phi) is 5.50. The number of nitriles is 1. The van der Waals surface area contributed by atoms with E-state index >= 15 is 0 Å². The van der Waals surface area contributed by atoms with Gasteiger partial charge in [0, 0.05) is 29.2 Å². The molecule has 1 amide bonds. The minimum Gasteiger partial charge on any atom is -0.352 e. The van der Waals surface area contributed by atoms with E-state index < -0.39 is 0 Å². The molecule has 0 radical (unpaired) electrons. The Labute approximate surface area is 164 Å². The second-order valence-electron chi connectivity index (χ2n) is 6.77. The summed E-state index contributed by atoms with van der Waals surface area (Å²) in [6.45, 7) is 8.05. The summed E-state index contributed by atoms with van der Waals surface area (Å²) in [5.41, 5.74) is 5.81. The monoisotopic (exact) mass is 374 g/mol. The molecule has 0 saturated heterocycles. The average molecular weight is 374 g/mol. The Hall–Kier alpha value is -3.53. The molecule has 2 aromatic heterocycles. The Balaban J connectivity index is 1.72. The summed E-state index contributed by atoms with van der Waals surface area (Å²) in [6, 6.07) is 11.1. The Morgan fingerprint density at radius 1 is 1.11 bits per heavy atom. The maximum absolute atomic E-state index is 12.4. The molecular formula is C21H22N6O. The van der Waals surface area contributed by atoms with E-state index in [4.69, 9.17) is 5.26 Å². The predicted octanol–water partition coefficient (Wildman–Crippen LogP) is 2.63. The molecule has 0 unspecified atom stereocenters. The summed E-state index contributed by atoms with van der Waals surface area (Å²) in [6.07, 6.45) is 0.235. The number of hydrogen-bond donors (Lipinski definition) is 1. The number of carbonyl (C=O) groups is 1.